The number of carbonyl (C=O) groups is 1. The number of non-ortho nitro benzene ring substituents is 1. The average molecular weight is 455 g/mol. The maximum atomic E-state index is 12.6. The predicted molar refractivity (Wildman–Crippen MR) is 116 cm³/mol. The number of rotatable bonds is 8. The lowest BCUT2D eigenvalue weighted by atomic mass is 10.1. The Morgan fingerprint density at radius 2 is 1.94 bits per heavy atom. The van der Waals surface area contributed by atoms with E-state index in [0.29, 0.717) is 28.3 Å². The fourth-order valence-corrected chi connectivity index (χ4v) is 3.87. The van der Waals surface area contributed by atoms with Crippen LogP contribution in [0.15, 0.2) is 76.5 Å². The van der Waals surface area contributed by atoms with Crippen LogP contribution < -0.4 is 0 Å². The number of halogens is 1. The van der Waals surface area contributed by atoms with Crippen LogP contribution in [0.4, 0.5) is 5.69 Å². The normalized spacial score (nSPS) is 10.9. The van der Waals surface area contributed by atoms with Gasteiger partial charge in [-0.1, -0.05) is 35.5 Å². The van der Waals surface area contributed by atoms with Gasteiger partial charge in [-0.3, -0.25) is 19.5 Å². The van der Waals surface area contributed by atoms with Crippen LogP contribution in [-0.4, -0.2) is 31.2 Å². The lowest BCUT2D eigenvalue weighted by molar-refractivity contribution is -0.384. The number of aromatic nitrogens is 3. The van der Waals surface area contributed by atoms with E-state index >= 15 is 0 Å². The molecule has 31 heavy (non-hydrogen) atoms. The van der Waals surface area contributed by atoms with Crippen LogP contribution in [0.2, 0.25) is 5.02 Å². The number of ketones is 1. The third kappa shape index (κ3) is 4.84. The molecule has 2 aromatic carbocycles. The van der Waals surface area contributed by atoms with Crippen LogP contribution in [0.1, 0.15) is 16.1 Å². The van der Waals surface area contributed by atoms with E-state index in [1.54, 1.807) is 30.5 Å². The maximum absolute atomic E-state index is 12.6. The number of nitrogens with zero attached hydrogens (tertiary/aromatic N) is 4. The first-order valence-corrected chi connectivity index (χ1v) is 10.5. The summed E-state index contributed by atoms with van der Waals surface area (Å²) in [5.41, 5.74) is 0.971. The van der Waals surface area contributed by atoms with Crippen LogP contribution in [0.3, 0.4) is 0 Å². The van der Waals surface area contributed by atoms with Crippen molar-refractivity contribution in [2.75, 3.05) is 5.75 Å². The van der Waals surface area contributed by atoms with Gasteiger partial charge in [-0.15, -0.1) is 10.2 Å². The van der Waals surface area contributed by atoms with Crippen molar-refractivity contribution in [2.24, 2.45) is 0 Å². The number of nitro benzene ring substituents is 1. The van der Waals surface area contributed by atoms with Crippen molar-refractivity contribution in [1.29, 1.82) is 0 Å². The van der Waals surface area contributed by atoms with Gasteiger partial charge in [-0.2, -0.15) is 0 Å². The number of hydrogen-bond acceptors (Lipinski definition) is 7. The molecule has 0 unspecified atom stereocenters. The number of furan rings is 1. The summed E-state index contributed by atoms with van der Waals surface area (Å²) in [4.78, 5) is 23.0. The molecule has 0 radical (unpaired) electrons. The minimum absolute atomic E-state index is 0.0536. The molecule has 2 aromatic heterocycles. The number of Topliss-reactive ketones (excluding diaryl/α,β-unsaturated/α-hetero) is 1. The summed E-state index contributed by atoms with van der Waals surface area (Å²) >= 11 is 7.20. The molecule has 4 aromatic rings. The van der Waals surface area contributed by atoms with Crippen molar-refractivity contribution in [3.05, 3.63) is 93.4 Å². The molecule has 0 spiro atoms. The van der Waals surface area contributed by atoms with Crippen molar-refractivity contribution in [3.8, 4) is 11.4 Å². The summed E-state index contributed by atoms with van der Waals surface area (Å²) in [6.45, 7) is 0.380. The van der Waals surface area contributed by atoms with E-state index in [-0.39, 0.29) is 22.8 Å². The zero-order valence-electron chi connectivity index (χ0n) is 16.0. The highest BCUT2D eigenvalue weighted by Gasteiger charge is 2.18. The van der Waals surface area contributed by atoms with Crippen LogP contribution >= 0.6 is 23.4 Å². The molecule has 4 rings (SSSR count). The summed E-state index contributed by atoms with van der Waals surface area (Å²) in [5, 5.41) is 20.6. The van der Waals surface area contributed by atoms with Crippen molar-refractivity contribution in [1.82, 2.24) is 14.8 Å². The highest BCUT2D eigenvalue weighted by atomic mass is 35.5. The summed E-state index contributed by atoms with van der Waals surface area (Å²) in [7, 11) is 0. The minimum Gasteiger partial charge on any atom is -0.467 e. The lowest BCUT2D eigenvalue weighted by Crippen LogP contribution is -2.07. The second-order valence-corrected chi connectivity index (χ2v) is 7.88. The summed E-state index contributed by atoms with van der Waals surface area (Å²) in [5.74, 6) is 1.13. The second kappa shape index (κ2) is 9.15. The van der Waals surface area contributed by atoms with Gasteiger partial charge < -0.3 is 4.42 Å². The smallest absolute Gasteiger partial charge is 0.270 e. The number of nitro groups is 1. The van der Waals surface area contributed by atoms with Gasteiger partial charge in [-0.25, -0.2) is 0 Å². The van der Waals surface area contributed by atoms with E-state index in [2.05, 4.69) is 10.2 Å². The molecule has 0 amide bonds. The first-order valence-electron chi connectivity index (χ1n) is 9.13. The van der Waals surface area contributed by atoms with Gasteiger partial charge in [0.1, 0.15) is 5.76 Å². The zero-order valence-corrected chi connectivity index (χ0v) is 17.5. The van der Waals surface area contributed by atoms with Crippen molar-refractivity contribution < 1.29 is 14.1 Å². The van der Waals surface area contributed by atoms with E-state index < -0.39 is 4.92 Å². The van der Waals surface area contributed by atoms with E-state index in [0.717, 1.165) is 5.56 Å². The molecule has 156 valence electrons. The molecule has 2 heterocycles. The molecular formula is C21H15ClN4O4S. The second-order valence-electron chi connectivity index (χ2n) is 6.50. The van der Waals surface area contributed by atoms with Gasteiger partial charge in [0, 0.05) is 28.3 Å². The first-order chi connectivity index (χ1) is 15.0. The van der Waals surface area contributed by atoms with E-state index in [4.69, 9.17) is 16.0 Å². The summed E-state index contributed by atoms with van der Waals surface area (Å²) in [6, 6.07) is 16.5. The van der Waals surface area contributed by atoms with Gasteiger partial charge >= 0.3 is 0 Å². The zero-order chi connectivity index (χ0) is 21.8. The summed E-state index contributed by atoms with van der Waals surface area (Å²) in [6.07, 6.45) is 1.58. The Hall–Kier alpha value is -3.43. The number of carbonyl (C=O) groups excluding carboxylic acids is 1. The SMILES string of the molecule is O=C(CSc1nnc(-c2ccc(Cl)cc2)n1Cc1ccco1)c1cccc([N+](=O)[O-])c1. The Balaban J connectivity index is 1.59. The molecule has 0 saturated heterocycles. The van der Waals surface area contributed by atoms with Crippen LogP contribution in [-0.2, 0) is 6.54 Å². The number of hydrogen-bond donors (Lipinski definition) is 0. The molecule has 0 bridgehead atoms. The Bertz CT molecular complexity index is 1220. The third-order valence-electron chi connectivity index (χ3n) is 4.42. The fraction of sp³-hybridized carbons (Fsp3) is 0.0952. The van der Waals surface area contributed by atoms with Gasteiger partial charge in [-0.05, 0) is 36.4 Å². The Morgan fingerprint density at radius 1 is 1.13 bits per heavy atom. The Labute approximate surface area is 186 Å². The maximum Gasteiger partial charge on any atom is 0.270 e. The first kappa shape index (κ1) is 20.8. The molecule has 0 fully saturated rings. The molecule has 0 N–H and O–H groups in total. The van der Waals surface area contributed by atoms with Gasteiger partial charge in [0.2, 0.25) is 0 Å². The van der Waals surface area contributed by atoms with Crippen molar-refractivity contribution in [3.63, 3.8) is 0 Å². The Kier molecular flexibility index (Phi) is 6.15. The molecular weight excluding hydrogens is 440 g/mol. The van der Waals surface area contributed by atoms with Gasteiger partial charge in [0.25, 0.3) is 5.69 Å². The minimum atomic E-state index is -0.525. The third-order valence-corrected chi connectivity index (χ3v) is 5.64. The summed E-state index contributed by atoms with van der Waals surface area (Å²) < 4.78 is 7.32. The standard InChI is InChI=1S/C21H15ClN4O4S/c22-16-8-6-14(7-9-16)20-23-24-21(25(20)12-18-5-2-10-30-18)31-13-19(27)15-3-1-4-17(11-15)26(28)29/h1-11H,12-13H2. The number of thioether (sulfide) groups is 1. The Morgan fingerprint density at radius 3 is 2.65 bits per heavy atom. The van der Waals surface area contributed by atoms with E-state index in [1.807, 2.05) is 22.8 Å². The predicted octanol–water partition coefficient (Wildman–Crippen LogP) is 5.12. The number of benzene rings is 2. The monoisotopic (exact) mass is 454 g/mol. The fourth-order valence-electron chi connectivity index (χ4n) is 2.92. The molecule has 0 aliphatic rings. The van der Waals surface area contributed by atoms with Crippen molar-refractivity contribution >= 4 is 34.8 Å². The molecule has 8 nitrogen and oxygen atoms in total. The van der Waals surface area contributed by atoms with Gasteiger partial charge in [0.15, 0.2) is 16.8 Å². The highest BCUT2D eigenvalue weighted by Crippen LogP contribution is 2.27. The topological polar surface area (TPSA) is 104 Å². The molecule has 10 heteroatoms. The molecule has 0 saturated carbocycles. The molecule has 0 aliphatic carbocycles. The van der Waals surface area contributed by atoms with Crippen LogP contribution in [0.5, 0.6) is 0 Å². The quantitative estimate of drug-likeness (QED) is 0.157. The van der Waals surface area contributed by atoms with E-state index in [9.17, 15) is 14.9 Å². The van der Waals surface area contributed by atoms with Crippen LogP contribution in [0, 0.1) is 10.1 Å². The highest BCUT2D eigenvalue weighted by molar-refractivity contribution is 7.99. The largest absolute Gasteiger partial charge is 0.467 e. The average Bonchev–Trinajstić information content (AvgIpc) is 3.43. The molecule has 0 atom stereocenters. The molecule has 0 aliphatic heterocycles. The lowest BCUT2D eigenvalue weighted by Gasteiger charge is -2.09. The van der Waals surface area contributed by atoms with Gasteiger partial charge in [0.05, 0.1) is 23.5 Å². The van der Waals surface area contributed by atoms with E-state index in [1.165, 1.54) is 30.0 Å². The van der Waals surface area contributed by atoms with Crippen molar-refractivity contribution in [2.45, 2.75) is 11.7 Å². The van der Waals surface area contributed by atoms with Crippen LogP contribution in [0.25, 0.3) is 11.4 Å².